The van der Waals surface area contributed by atoms with E-state index in [9.17, 15) is 0 Å². The smallest absolute Gasteiger partial charge is 0.149 e. The van der Waals surface area contributed by atoms with E-state index in [0.29, 0.717) is 0 Å². The fourth-order valence-electron chi connectivity index (χ4n) is 2.75. The molecule has 21 heavy (non-hydrogen) atoms. The van der Waals surface area contributed by atoms with E-state index in [1.165, 1.54) is 10.8 Å². The quantitative estimate of drug-likeness (QED) is 0.632. The van der Waals surface area contributed by atoms with Crippen LogP contribution in [0.25, 0.3) is 21.7 Å². The van der Waals surface area contributed by atoms with Gasteiger partial charge < -0.3 is 9.73 Å². The minimum Gasteiger partial charge on any atom is -0.458 e. The number of nitrogens with one attached hydrogen (secondary N) is 1. The Bertz CT molecular complexity index is 762. The molecule has 3 heteroatoms. The molecule has 2 nitrogen and oxygen atoms in total. The van der Waals surface area contributed by atoms with Crippen molar-refractivity contribution in [3.05, 3.63) is 46.6 Å². The topological polar surface area (TPSA) is 25.2 Å². The summed E-state index contributed by atoms with van der Waals surface area (Å²) < 4.78 is 7.20. The van der Waals surface area contributed by atoms with Gasteiger partial charge in [-0.05, 0) is 58.2 Å². The lowest BCUT2D eigenvalue weighted by Gasteiger charge is -2.13. The van der Waals surface area contributed by atoms with Crippen molar-refractivity contribution in [1.29, 1.82) is 0 Å². The first-order valence-electron chi connectivity index (χ1n) is 7.58. The molecular formula is C18H20BrNO. The van der Waals surface area contributed by atoms with Crippen LogP contribution in [0, 0.1) is 0 Å². The van der Waals surface area contributed by atoms with Gasteiger partial charge in [-0.2, -0.15) is 0 Å². The molecule has 0 radical (unpaired) electrons. The van der Waals surface area contributed by atoms with E-state index in [4.69, 9.17) is 4.42 Å². The van der Waals surface area contributed by atoms with Gasteiger partial charge in [0.2, 0.25) is 0 Å². The average Bonchev–Trinajstić information content (AvgIpc) is 2.92. The zero-order valence-electron chi connectivity index (χ0n) is 12.4. The summed E-state index contributed by atoms with van der Waals surface area (Å²) in [5.41, 5.74) is 0.945. The molecule has 1 atom stereocenters. The summed E-state index contributed by atoms with van der Waals surface area (Å²) in [4.78, 5) is 0. The van der Waals surface area contributed by atoms with Crippen LogP contribution < -0.4 is 5.32 Å². The predicted octanol–water partition coefficient (Wildman–Crippen LogP) is 5.80. The average molecular weight is 346 g/mol. The minimum absolute atomic E-state index is 0.285. The maximum Gasteiger partial charge on any atom is 0.149 e. The van der Waals surface area contributed by atoms with Gasteiger partial charge in [0, 0.05) is 5.39 Å². The van der Waals surface area contributed by atoms with E-state index >= 15 is 0 Å². The zero-order valence-corrected chi connectivity index (χ0v) is 14.0. The summed E-state index contributed by atoms with van der Waals surface area (Å²) in [7, 11) is 0. The van der Waals surface area contributed by atoms with Crippen LogP contribution in [0.1, 0.15) is 38.5 Å². The summed E-state index contributed by atoms with van der Waals surface area (Å²) in [6, 6.07) is 13.0. The van der Waals surface area contributed by atoms with Crippen molar-refractivity contribution in [1.82, 2.24) is 5.32 Å². The molecule has 0 aliphatic rings. The number of rotatable bonds is 5. The second-order valence-corrected chi connectivity index (χ2v) is 6.19. The van der Waals surface area contributed by atoms with E-state index in [1.54, 1.807) is 0 Å². The summed E-state index contributed by atoms with van der Waals surface area (Å²) in [5.74, 6) is 1.02. The van der Waals surface area contributed by atoms with Crippen molar-refractivity contribution in [3.8, 4) is 0 Å². The van der Waals surface area contributed by atoms with Gasteiger partial charge in [-0.15, -0.1) is 0 Å². The second-order valence-electron chi connectivity index (χ2n) is 5.39. The molecular weight excluding hydrogens is 326 g/mol. The maximum atomic E-state index is 6.15. The van der Waals surface area contributed by atoms with Gasteiger partial charge in [-0.1, -0.05) is 38.1 Å². The highest BCUT2D eigenvalue weighted by molar-refractivity contribution is 9.10. The summed E-state index contributed by atoms with van der Waals surface area (Å²) in [6.45, 7) is 5.38. The largest absolute Gasteiger partial charge is 0.458 e. The van der Waals surface area contributed by atoms with Gasteiger partial charge in [0.1, 0.15) is 11.3 Å². The Hall–Kier alpha value is -1.32. The SMILES string of the molecule is CCCNC(CC)c1cc2cc3ccccc3c(Br)c2o1. The fraction of sp³-hybridized carbons (Fsp3) is 0.333. The molecule has 0 amide bonds. The first kappa shape index (κ1) is 14.6. The minimum atomic E-state index is 0.285. The molecule has 1 unspecified atom stereocenters. The lowest BCUT2D eigenvalue weighted by molar-refractivity contribution is 0.421. The number of halogens is 1. The van der Waals surface area contributed by atoms with Crippen LogP contribution in [0.5, 0.6) is 0 Å². The number of hydrogen-bond acceptors (Lipinski definition) is 2. The second kappa shape index (κ2) is 6.20. The molecule has 1 N–H and O–H groups in total. The molecule has 0 fully saturated rings. The lowest BCUT2D eigenvalue weighted by Crippen LogP contribution is -2.20. The molecule has 110 valence electrons. The molecule has 0 saturated carbocycles. The molecule has 3 rings (SSSR count). The van der Waals surface area contributed by atoms with Crippen LogP contribution in [0.3, 0.4) is 0 Å². The van der Waals surface area contributed by atoms with E-state index in [1.807, 2.05) is 0 Å². The van der Waals surface area contributed by atoms with Gasteiger partial charge in [0.15, 0.2) is 0 Å². The van der Waals surface area contributed by atoms with Crippen molar-refractivity contribution in [2.75, 3.05) is 6.54 Å². The Labute approximate surface area is 133 Å². The van der Waals surface area contributed by atoms with Crippen molar-refractivity contribution in [2.45, 2.75) is 32.7 Å². The van der Waals surface area contributed by atoms with Crippen LogP contribution in [0.4, 0.5) is 0 Å². The van der Waals surface area contributed by atoms with E-state index in [2.05, 4.69) is 71.5 Å². The molecule has 1 heterocycles. The third-order valence-electron chi connectivity index (χ3n) is 3.88. The van der Waals surface area contributed by atoms with Crippen LogP contribution in [0.15, 0.2) is 45.3 Å². The first-order chi connectivity index (χ1) is 10.2. The third kappa shape index (κ3) is 2.72. The number of fused-ring (bicyclic) bond motifs is 2. The predicted molar refractivity (Wildman–Crippen MR) is 92.7 cm³/mol. The molecule has 1 aromatic heterocycles. The summed E-state index contributed by atoms with van der Waals surface area (Å²) in [6.07, 6.45) is 2.15. The zero-order chi connectivity index (χ0) is 14.8. The molecule has 0 spiro atoms. The molecule has 3 aromatic rings. The van der Waals surface area contributed by atoms with Gasteiger partial charge in [0.25, 0.3) is 0 Å². The van der Waals surface area contributed by atoms with Gasteiger partial charge in [0.05, 0.1) is 10.5 Å². The number of hydrogen-bond donors (Lipinski definition) is 1. The van der Waals surface area contributed by atoms with Crippen LogP contribution >= 0.6 is 15.9 Å². The van der Waals surface area contributed by atoms with Gasteiger partial charge in [-0.3, -0.25) is 0 Å². The van der Waals surface area contributed by atoms with Crippen molar-refractivity contribution in [2.24, 2.45) is 0 Å². The molecule has 0 aliphatic heterocycles. The first-order valence-corrected chi connectivity index (χ1v) is 8.38. The Kier molecular flexibility index (Phi) is 4.32. The van der Waals surface area contributed by atoms with Crippen LogP contribution in [-0.4, -0.2) is 6.54 Å². The van der Waals surface area contributed by atoms with Crippen molar-refractivity contribution < 1.29 is 4.42 Å². The lowest BCUT2D eigenvalue weighted by atomic mass is 10.1. The molecule has 0 saturated heterocycles. The highest BCUT2D eigenvalue weighted by Gasteiger charge is 2.16. The Morgan fingerprint density at radius 1 is 1.14 bits per heavy atom. The standard InChI is InChI=1S/C18H20BrNO/c1-3-9-20-15(4-2)16-11-13-10-12-7-5-6-8-14(12)17(19)18(13)21-16/h5-8,10-11,15,20H,3-4,9H2,1-2H3. The highest BCUT2D eigenvalue weighted by atomic mass is 79.9. The van der Waals surface area contributed by atoms with E-state index in [0.717, 1.165) is 40.6 Å². The monoisotopic (exact) mass is 345 g/mol. The molecule has 0 bridgehead atoms. The normalized spacial score (nSPS) is 13.1. The molecule has 2 aromatic carbocycles. The Morgan fingerprint density at radius 2 is 1.95 bits per heavy atom. The van der Waals surface area contributed by atoms with Gasteiger partial charge >= 0.3 is 0 Å². The highest BCUT2D eigenvalue weighted by Crippen LogP contribution is 2.36. The van der Waals surface area contributed by atoms with Crippen LogP contribution in [0.2, 0.25) is 0 Å². The van der Waals surface area contributed by atoms with E-state index < -0.39 is 0 Å². The van der Waals surface area contributed by atoms with E-state index in [-0.39, 0.29) is 6.04 Å². The Balaban J connectivity index is 2.10. The van der Waals surface area contributed by atoms with Crippen molar-refractivity contribution >= 4 is 37.7 Å². The summed E-state index contributed by atoms with van der Waals surface area (Å²) >= 11 is 3.71. The number of benzene rings is 2. The van der Waals surface area contributed by atoms with Gasteiger partial charge in [-0.25, -0.2) is 0 Å². The number of furan rings is 1. The Morgan fingerprint density at radius 3 is 2.71 bits per heavy atom. The van der Waals surface area contributed by atoms with Crippen molar-refractivity contribution in [3.63, 3.8) is 0 Å². The molecule has 0 aliphatic carbocycles. The summed E-state index contributed by atoms with van der Waals surface area (Å²) in [5, 5.41) is 7.14. The third-order valence-corrected chi connectivity index (χ3v) is 4.67. The van der Waals surface area contributed by atoms with Crippen LogP contribution in [-0.2, 0) is 0 Å². The maximum absolute atomic E-state index is 6.15. The fourth-order valence-corrected chi connectivity index (χ4v) is 3.42.